The molecule has 1 amide bonds. The summed E-state index contributed by atoms with van der Waals surface area (Å²) in [5, 5.41) is 14.3. The highest BCUT2D eigenvalue weighted by atomic mass is 19.4. The molecule has 230 valence electrons. The average molecular weight is 606 g/mol. The van der Waals surface area contributed by atoms with E-state index >= 15 is 0 Å². The van der Waals surface area contributed by atoms with Gasteiger partial charge in [0.05, 0.1) is 34.9 Å². The van der Waals surface area contributed by atoms with Crippen LogP contribution in [0.4, 0.5) is 26.3 Å². The number of carbonyl (C=O) groups is 1. The summed E-state index contributed by atoms with van der Waals surface area (Å²) in [4.78, 5) is 17.4. The molecule has 2 N–H and O–H groups in total. The van der Waals surface area contributed by atoms with Gasteiger partial charge in [-0.3, -0.25) is 9.69 Å². The zero-order valence-corrected chi connectivity index (χ0v) is 23.6. The number of halogens is 6. The Morgan fingerprint density at radius 3 is 1.86 bits per heavy atom. The van der Waals surface area contributed by atoms with Gasteiger partial charge >= 0.3 is 12.4 Å². The van der Waals surface area contributed by atoms with Crippen LogP contribution in [0.2, 0.25) is 0 Å². The first-order valence-corrected chi connectivity index (χ1v) is 14.1. The minimum atomic E-state index is -5.00. The number of alkyl halides is 6. The molecule has 2 heterocycles. The van der Waals surface area contributed by atoms with E-state index in [-0.39, 0.29) is 37.2 Å². The van der Waals surface area contributed by atoms with Crippen LogP contribution >= 0.6 is 0 Å². The van der Waals surface area contributed by atoms with Gasteiger partial charge in [0, 0.05) is 26.2 Å². The molecule has 3 aromatic carbocycles. The molecule has 5 nitrogen and oxygen atoms in total. The van der Waals surface area contributed by atoms with Crippen LogP contribution in [0, 0.1) is 0 Å². The van der Waals surface area contributed by atoms with Gasteiger partial charge in [0.2, 0.25) is 5.91 Å². The molecule has 0 saturated carbocycles. The Labute approximate surface area is 246 Å². The summed E-state index contributed by atoms with van der Waals surface area (Å²) in [6.45, 7) is 2.93. The van der Waals surface area contributed by atoms with Crippen molar-refractivity contribution in [2.75, 3.05) is 32.7 Å². The van der Waals surface area contributed by atoms with Crippen LogP contribution in [0.15, 0.2) is 78.9 Å². The minimum Gasteiger partial charge on any atom is -0.385 e. The summed E-state index contributed by atoms with van der Waals surface area (Å²) in [5.41, 5.74) is -3.97. The molecule has 0 aromatic heterocycles. The summed E-state index contributed by atoms with van der Waals surface area (Å²) in [6.07, 6.45) is -9.18. The molecule has 43 heavy (non-hydrogen) atoms. The molecule has 2 saturated heterocycles. The first kappa shape index (κ1) is 31.0. The van der Waals surface area contributed by atoms with E-state index in [1.807, 2.05) is 35.2 Å². The number of piperazine rings is 1. The van der Waals surface area contributed by atoms with E-state index in [1.165, 1.54) is 0 Å². The van der Waals surface area contributed by atoms with Crippen LogP contribution < -0.4 is 5.32 Å². The summed E-state index contributed by atoms with van der Waals surface area (Å²) < 4.78 is 82.6. The summed E-state index contributed by atoms with van der Waals surface area (Å²) in [6, 6.07) is 18.5. The Kier molecular flexibility index (Phi) is 8.36. The molecule has 5 rings (SSSR count). The van der Waals surface area contributed by atoms with Gasteiger partial charge in [-0.25, -0.2) is 0 Å². The van der Waals surface area contributed by atoms with Gasteiger partial charge in [0.25, 0.3) is 0 Å². The molecule has 2 atom stereocenters. The Balaban J connectivity index is 1.46. The predicted molar refractivity (Wildman–Crippen MR) is 149 cm³/mol. The zero-order valence-electron chi connectivity index (χ0n) is 23.6. The number of amides is 1. The van der Waals surface area contributed by atoms with Crippen LogP contribution in [-0.4, -0.2) is 53.5 Å². The van der Waals surface area contributed by atoms with Gasteiger partial charge in [-0.1, -0.05) is 60.7 Å². The lowest BCUT2D eigenvalue weighted by atomic mass is 9.77. The monoisotopic (exact) mass is 605 g/mol. The fraction of sp³-hybridized carbons (Fsp3) is 0.406. The predicted octanol–water partition coefficient (Wildman–Crippen LogP) is 6.10. The first-order chi connectivity index (χ1) is 20.2. The number of nitrogens with one attached hydrogen (secondary N) is 1. The normalized spacial score (nSPS) is 23.3. The second-order valence-electron chi connectivity index (χ2n) is 11.5. The third-order valence-corrected chi connectivity index (χ3v) is 8.76. The fourth-order valence-electron chi connectivity index (χ4n) is 6.37. The lowest BCUT2D eigenvalue weighted by Gasteiger charge is -2.52. The summed E-state index contributed by atoms with van der Waals surface area (Å²) in [7, 11) is 0. The van der Waals surface area contributed by atoms with Crippen LogP contribution in [0.25, 0.3) is 0 Å². The smallest absolute Gasteiger partial charge is 0.385 e. The molecule has 2 fully saturated rings. The molecule has 3 aromatic rings. The number of carbonyl (C=O) groups excluding carboxylic acids is 1. The summed E-state index contributed by atoms with van der Waals surface area (Å²) >= 11 is 0. The second kappa shape index (κ2) is 11.6. The maximum atomic E-state index is 13.9. The van der Waals surface area contributed by atoms with Crippen molar-refractivity contribution in [3.05, 3.63) is 107 Å². The lowest BCUT2D eigenvalue weighted by molar-refractivity contribution is -0.146. The number of benzene rings is 3. The van der Waals surface area contributed by atoms with E-state index in [0.29, 0.717) is 31.5 Å². The number of nitrogens with zero attached hydrogens (tertiary/aromatic N) is 2. The van der Waals surface area contributed by atoms with Gasteiger partial charge < -0.3 is 15.3 Å². The molecule has 2 unspecified atom stereocenters. The Morgan fingerprint density at radius 2 is 1.35 bits per heavy atom. The maximum Gasteiger partial charge on any atom is 0.416 e. The Hall–Kier alpha value is -3.41. The molecular weight excluding hydrogens is 572 g/mol. The molecule has 2 aliphatic rings. The second-order valence-corrected chi connectivity index (χ2v) is 11.5. The number of hydrogen-bond acceptors (Lipinski definition) is 4. The van der Waals surface area contributed by atoms with Crippen molar-refractivity contribution >= 4 is 5.91 Å². The highest BCUT2D eigenvalue weighted by Gasteiger charge is 2.48. The lowest BCUT2D eigenvalue weighted by Crippen LogP contribution is -2.62. The van der Waals surface area contributed by atoms with Crippen molar-refractivity contribution in [3.63, 3.8) is 0 Å². The molecule has 0 aliphatic carbocycles. The van der Waals surface area contributed by atoms with E-state index in [0.717, 1.165) is 17.7 Å². The number of piperidine rings is 1. The van der Waals surface area contributed by atoms with Crippen molar-refractivity contribution in [1.82, 2.24) is 15.1 Å². The molecule has 0 spiro atoms. The maximum absolute atomic E-state index is 13.9. The van der Waals surface area contributed by atoms with E-state index in [1.54, 1.807) is 42.2 Å². The van der Waals surface area contributed by atoms with Crippen LogP contribution in [0.3, 0.4) is 0 Å². The molecule has 0 radical (unpaired) electrons. The van der Waals surface area contributed by atoms with Crippen molar-refractivity contribution < 1.29 is 36.2 Å². The van der Waals surface area contributed by atoms with Gasteiger partial charge in [-0.15, -0.1) is 0 Å². The van der Waals surface area contributed by atoms with Gasteiger partial charge in [0.1, 0.15) is 0 Å². The van der Waals surface area contributed by atoms with Gasteiger partial charge in [-0.2, -0.15) is 26.3 Å². The zero-order chi connectivity index (χ0) is 31.0. The highest BCUT2D eigenvalue weighted by molar-refractivity contribution is 5.80. The van der Waals surface area contributed by atoms with Gasteiger partial charge in [-0.05, 0) is 54.7 Å². The third-order valence-electron chi connectivity index (χ3n) is 8.76. The molecule has 11 heteroatoms. The van der Waals surface area contributed by atoms with E-state index in [2.05, 4.69) is 5.32 Å². The van der Waals surface area contributed by atoms with E-state index in [4.69, 9.17) is 0 Å². The van der Waals surface area contributed by atoms with Crippen molar-refractivity contribution in [3.8, 4) is 0 Å². The van der Waals surface area contributed by atoms with Crippen molar-refractivity contribution in [2.45, 2.75) is 49.3 Å². The van der Waals surface area contributed by atoms with Crippen molar-refractivity contribution in [2.24, 2.45) is 0 Å². The fourth-order valence-corrected chi connectivity index (χ4v) is 6.37. The molecule has 2 aliphatic heterocycles. The van der Waals surface area contributed by atoms with Crippen molar-refractivity contribution in [1.29, 1.82) is 0 Å². The SMILES string of the molecule is CC1(c2ccccc2)C(c2cc(C(F)(F)F)cc(C(F)(F)F)c2)NCCN1C(=O)CN1CCC(O)(c2ccccc2)CC1. The molecular formula is C32H33F6N3O2. The number of likely N-dealkylation sites (tertiary alicyclic amines) is 1. The van der Waals surface area contributed by atoms with Gasteiger partial charge in [0.15, 0.2) is 0 Å². The molecule has 0 bridgehead atoms. The third kappa shape index (κ3) is 6.30. The van der Waals surface area contributed by atoms with Crippen LogP contribution in [0.5, 0.6) is 0 Å². The van der Waals surface area contributed by atoms with E-state index in [9.17, 15) is 36.2 Å². The summed E-state index contributed by atoms with van der Waals surface area (Å²) in [5.74, 6) is -0.300. The quantitative estimate of drug-likeness (QED) is 0.346. The van der Waals surface area contributed by atoms with Crippen LogP contribution in [-0.2, 0) is 28.3 Å². The standard InChI is InChI=1S/C32H33F6N3O2/c1-29(23-8-4-2-5-9-23)28(22-18-25(31(33,34)35)20-26(19-22)32(36,37)38)39-14-17-41(29)27(42)21-40-15-12-30(43,13-16-40)24-10-6-3-7-11-24/h2-11,18-20,28,39,43H,12-17,21H2,1H3. The Bertz CT molecular complexity index is 1390. The highest BCUT2D eigenvalue weighted by Crippen LogP contribution is 2.45. The minimum absolute atomic E-state index is 0.00357. The van der Waals surface area contributed by atoms with Crippen LogP contribution in [0.1, 0.15) is 53.6 Å². The average Bonchev–Trinajstić information content (AvgIpc) is 2.98. The number of aliphatic hydroxyl groups is 1. The topological polar surface area (TPSA) is 55.8 Å². The first-order valence-electron chi connectivity index (χ1n) is 14.1. The number of hydrogen-bond donors (Lipinski definition) is 2. The van der Waals surface area contributed by atoms with E-state index < -0.39 is 40.7 Å². The Morgan fingerprint density at radius 1 is 0.837 bits per heavy atom. The number of rotatable bonds is 5. The largest absolute Gasteiger partial charge is 0.416 e.